The number of benzene rings is 2. The summed E-state index contributed by atoms with van der Waals surface area (Å²) in [7, 11) is 0. The second-order valence-electron chi connectivity index (χ2n) is 4.66. The smallest absolute Gasteiger partial charge is 0.262 e. The number of hydrogen-bond donors (Lipinski definition) is 1. The lowest BCUT2D eigenvalue weighted by molar-refractivity contribution is -0.118. The molecule has 0 radical (unpaired) electrons. The Morgan fingerprint density at radius 1 is 1.29 bits per heavy atom. The molecule has 0 unspecified atom stereocenters. The zero-order valence-corrected chi connectivity index (χ0v) is 12.5. The molecular formula is C16H15ClFNO2. The van der Waals surface area contributed by atoms with Crippen LogP contribution in [-0.2, 0) is 4.79 Å². The standard InChI is InChI=1S/C16H15ClFNO2/c1-10-4-3-5-15(11(10)2)21-9-16(20)19-14-7-6-12(18)8-13(14)17/h3-8H,9H2,1-2H3,(H,19,20). The molecule has 0 spiro atoms. The maximum atomic E-state index is 12.9. The average molecular weight is 308 g/mol. The molecule has 2 aromatic carbocycles. The van der Waals surface area contributed by atoms with Crippen molar-refractivity contribution in [3.05, 3.63) is 58.4 Å². The van der Waals surface area contributed by atoms with Gasteiger partial charge in [0.05, 0.1) is 10.7 Å². The molecule has 21 heavy (non-hydrogen) atoms. The van der Waals surface area contributed by atoms with Crippen LogP contribution in [0, 0.1) is 19.7 Å². The quantitative estimate of drug-likeness (QED) is 0.923. The first-order chi connectivity index (χ1) is 9.97. The van der Waals surface area contributed by atoms with Crippen molar-refractivity contribution in [3.63, 3.8) is 0 Å². The van der Waals surface area contributed by atoms with Crippen molar-refractivity contribution in [2.45, 2.75) is 13.8 Å². The molecule has 5 heteroatoms. The van der Waals surface area contributed by atoms with Crippen LogP contribution in [0.4, 0.5) is 10.1 Å². The topological polar surface area (TPSA) is 38.3 Å². The first kappa shape index (κ1) is 15.3. The average Bonchev–Trinajstić information content (AvgIpc) is 2.43. The number of halogens is 2. The van der Waals surface area contributed by atoms with Crippen LogP contribution in [0.25, 0.3) is 0 Å². The van der Waals surface area contributed by atoms with E-state index in [0.717, 1.165) is 17.2 Å². The minimum Gasteiger partial charge on any atom is -0.483 e. The molecule has 0 aliphatic rings. The first-order valence-corrected chi connectivity index (χ1v) is 6.79. The molecule has 0 aliphatic heterocycles. The van der Waals surface area contributed by atoms with Gasteiger partial charge < -0.3 is 10.1 Å². The molecule has 3 nitrogen and oxygen atoms in total. The lowest BCUT2D eigenvalue weighted by Crippen LogP contribution is -2.20. The van der Waals surface area contributed by atoms with Crippen LogP contribution in [0.1, 0.15) is 11.1 Å². The van der Waals surface area contributed by atoms with Crippen LogP contribution < -0.4 is 10.1 Å². The van der Waals surface area contributed by atoms with Gasteiger partial charge in [-0.25, -0.2) is 4.39 Å². The van der Waals surface area contributed by atoms with Gasteiger partial charge in [0.25, 0.3) is 5.91 Å². The van der Waals surface area contributed by atoms with Crippen molar-refractivity contribution in [3.8, 4) is 5.75 Å². The van der Waals surface area contributed by atoms with Crippen LogP contribution in [-0.4, -0.2) is 12.5 Å². The Bertz CT molecular complexity index is 673. The summed E-state index contributed by atoms with van der Waals surface area (Å²) in [6.07, 6.45) is 0. The third-order valence-electron chi connectivity index (χ3n) is 3.12. The fraction of sp³-hybridized carbons (Fsp3) is 0.188. The molecule has 0 heterocycles. The van der Waals surface area contributed by atoms with E-state index in [0.29, 0.717) is 11.4 Å². The van der Waals surface area contributed by atoms with E-state index in [4.69, 9.17) is 16.3 Å². The summed E-state index contributed by atoms with van der Waals surface area (Å²) >= 11 is 5.84. The number of carbonyl (C=O) groups is 1. The number of carbonyl (C=O) groups excluding carboxylic acids is 1. The van der Waals surface area contributed by atoms with Gasteiger partial charge in [-0.3, -0.25) is 4.79 Å². The van der Waals surface area contributed by atoms with Crippen LogP contribution in [0.3, 0.4) is 0 Å². The number of aryl methyl sites for hydroxylation is 1. The number of nitrogens with one attached hydrogen (secondary N) is 1. The second kappa shape index (κ2) is 6.59. The highest BCUT2D eigenvalue weighted by molar-refractivity contribution is 6.33. The zero-order chi connectivity index (χ0) is 15.4. The Labute approximate surface area is 127 Å². The van der Waals surface area contributed by atoms with Gasteiger partial charge in [0, 0.05) is 0 Å². The molecule has 0 saturated heterocycles. The Balaban J connectivity index is 1.97. The maximum Gasteiger partial charge on any atom is 0.262 e. The number of rotatable bonds is 4. The molecular weight excluding hydrogens is 293 g/mol. The highest BCUT2D eigenvalue weighted by Gasteiger charge is 2.09. The minimum absolute atomic E-state index is 0.141. The third-order valence-corrected chi connectivity index (χ3v) is 3.43. The summed E-state index contributed by atoms with van der Waals surface area (Å²) < 4.78 is 18.4. The molecule has 1 amide bonds. The van der Waals surface area contributed by atoms with Crippen molar-refractivity contribution in [1.82, 2.24) is 0 Å². The molecule has 110 valence electrons. The van der Waals surface area contributed by atoms with E-state index < -0.39 is 5.82 Å². The summed E-state index contributed by atoms with van der Waals surface area (Å²) in [6, 6.07) is 9.43. The van der Waals surface area contributed by atoms with Crippen molar-refractivity contribution in [1.29, 1.82) is 0 Å². The Hall–Kier alpha value is -2.07. The number of amides is 1. The molecule has 0 bridgehead atoms. The molecule has 2 rings (SSSR count). The molecule has 0 aromatic heterocycles. The molecule has 0 saturated carbocycles. The molecule has 0 fully saturated rings. The summed E-state index contributed by atoms with van der Waals surface area (Å²) in [5, 5.41) is 2.73. The van der Waals surface area contributed by atoms with E-state index in [1.165, 1.54) is 12.1 Å². The minimum atomic E-state index is -0.454. The number of hydrogen-bond acceptors (Lipinski definition) is 2. The Morgan fingerprint density at radius 3 is 2.76 bits per heavy atom. The molecule has 2 aromatic rings. The third kappa shape index (κ3) is 3.95. The van der Waals surface area contributed by atoms with Gasteiger partial charge in [-0.15, -0.1) is 0 Å². The van der Waals surface area contributed by atoms with E-state index in [-0.39, 0.29) is 17.5 Å². The van der Waals surface area contributed by atoms with Gasteiger partial charge in [0.15, 0.2) is 6.61 Å². The highest BCUT2D eigenvalue weighted by Crippen LogP contribution is 2.23. The van der Waals surface area contributed by atoms with Crippen LogP contribution in [0.2, 0.25) is 5.02 Å². The van der Waals surface area contributed by atoms with Crippen molar-refractivity contribution in [2.24, 2.45) is 0 Å². The van der Waals surface area contributed by atoms with E-state index in [1.54, 1.807) is 6.07 Å². The largest absolute Gasteiger partial charge is 0.483 e. The Morgan fingerprint density at radius 2 is 2.05 bits per heavy atom. The van der Waals surface area contributed by atoms with Gasteiger partial charge in [0.2, 0.25) is 0 Å². The summed E-state index contributed by atoms with van der Waals surface area (Å²) in [5.41, 5.74) is 2.44. The van der Waals surface area contributed by atoms with Crippen LogP contribution >= 0.6 is 11.6 Å². The fourth-order valence-electron chi connectivity index (χ4n) is 1.80. The SMILES string of the molecule is Cc1cccc(OCC(=O)Nc2ccc(F)cc2Cl)c1C. The van der Waals surface area contributed by atoms with Gasteiger partial charge in [0.1, 0.15) is 11.6 Å². The van der Waals surface area contributed by atoms with Gasteiger partial charge >= 0.3 is 0 Å². The zero-order valence-electron chi connectivity index (χ0n) is 11.7. The molecule has 1 N–H and O–H groups in total. The van der Waals surface area contributed by atoms with Gasteiger partial charge in [-0.05, 0) is 49.2 Å². The van der Waals surface area contributed by atoms with Crippen LogP contribution in [0.15, 0.2) is 36.4 Å². The molecule has 0 atom stereocenters. The summed E-state index contributed by atoms with van der Waals surface area (Å²) in [5.74, 6) is -0.149. The lowest BCUT2D eigenvalue weighted by atomic mass is 10.1. The normalized spacial score (nSPS) is 10.3. The number of anilines is 1. The van der Waals surface area contributed by atoms with Crippen molar-refractivity contribution in [2.75, 3.05) is 11.9 Å². The van der Waals surface area contributed by atoms with Crippen molar-refractivity contribution < 1.29 is 13.9 Å². The van der Waals surface area contributed by atoms with E-state index in [1.807, 2.05) is 26.0 Å². The predicted octanol–water partition coefficient (Wildman–Crippen LogP) is 4.11. The monoisotopic (exact) mass is 307 g/mol. The first-order valence-electron chi connectivity index (χ1n) is 6.41. The summed E-state index contributed by atoms with van der Waals surface area (Å²) in [4.78, 5) is 11.8. The maximum absolute atomic E-state index is 12.9. The fourth-order valence-corrected chi connectivity index (χ4v) is 2.02. The van der Waals surface area contributed by atoms with E-state index >= 15 is 0 Å². The van der Waals surface area contributed by atoms with Crippen LogP contribution in [0.5, 0.6) is 5.75 Å². The lowest BCUT2D eigenvalue weighted by Gasteiger charge is -2.11. The van der Waals surface area contributed by atoms with Gasteiger partial charge in [-0.1, -0.05) is 23.7 Å². The van der Waals surface area contributed by atoms with Crippen molar-refractivity contribution >= 4 is 23.2 Å². The molecule has 0 aliphatic carbocycles. The van der Waals surface area contributed by atoms with E-state index in [9.17, 15) is 9.18 Å². The highest BCUT2D eigenvalue weighted by atomic mass is 35.5. The van der Waals surface area contributed by atoms with Gasteiger partial charge in [-0.2, -0.15) is 0 Å². The number of ether oxygens (including phenoxy) is 1. The summed E-state index contributed by atoms with van der Waals surface area (Å²) in [6.45, 7) is 3.76. The Kier molecular flexibility index (Phi) is 4.81. The predicted molar refractivity (Wildman–Crippen MR) is 81.5 cm³/mol. The second-order valence-corrected chi connectivity index (χ2v) is 5.07. The van der Waals surface area contributed by atoms with E-state index in [2.05, 4.69) is 5.32 Å².